The first-order valence-corrected chi connectivity index (χ1v) is 5.77. The van der Waals surface area contributed by atoms with Crippen LogP contribution in [0.15, 0.2) is 18.2 Å². The molecule has 1 N–H and O–H groups in total. The number of nitrogens with zero attached hydrogens (tertiary/aromatic N) is 1. The standard InChI is InChI=1S/C13H17NO2/c1-10-5-6-12(15)11(9-10)13(16)14-7-3-2-4-8-14/h5-6,9,15H,2-4,7-8H2,1H3. The summed E-state index contributed by atoms with van der Waals surface area (Å²) >= 11 is 0. The fourth-order valence-corrected chi connectivity index (χ4v) is 2.09. The SMILES string of the molecule is Cc1ccc(O)c(C(=O)N2CCCCC2)c1. The lowest BCUT2D eigenvalue weighted by atomic mass is 10.1. The molecule has 1 saturated heterocycles. The Morgan fingerprint density at radius 2 is 1.94 bits per heavy atom. The van der Waals surface area contributed by atoms with E-state index in [1.54, 1.807) is 12.1 Å². The molecule has 16 heavy (non-hydrogen) atoms. The highest BCUT2D eigenvalue weighted by atomic mass is 16.3. The summed E-state index contributed by atoms with van der Waals surface area (Å²) in [6.07, 6.45) is 3.33. The molecule has 0 aromatic heterocycles. The molecule has 0 atom stereocenters. The maximum Gasteiger partial charge on any atom is 0.257 e. The number of piperidine rings is 1. The predicted octanol–water partition coefficient (Wildman–Crippen LogP) is 2.33. The van der Waals surface area contributed by atoms with Gasteiger partial charge in [-0.1, -0.05) is 11.6 Å². The van der Waals surface area contributed by atoms with Crippen molar-refractivity contribution in [3.8, 4) is 5.75 Å². The number of rotatable bonds is 1. The molecule has 0 unspecified atom stereocenters. The fourth-order valence-electron chi connectivity index (χ4n) is 2.09. The van der Waals surface area contributed by atoms with Gasteiger partial charge in [0.2, 0.25) is 0 Å². The smallest absolute Gasteiger partial charge is 0.257 e. The Labute approximate surface area is 95.7 Å². The molecule has 0 radical (unpaired) electrons. The number of hydrogen-bond acceptors (Lipinski definition) is 2. The zero-order valence-corrected chi connectivity index (χ0v) is 9.57. The van der Waals surface area contributed by atoms with Crippen molar-refractivity contribution in [1.82, 2.24) is 4.90 Å². The molecule has 1 amide bonds. The molecule has 86 valence electrons. The van der Waals surface area contributed by atoms with Crippen molar-refractivity contribution in [2.24, 2.45) is 0 Å². The molecule has 0 aliphatic carbocycles. The van der Waals surface area contributed by atoms with E-state index in [1.165, 1.54) is 6.42 Å². The summed E-state index contributed by atoms with van der Waals surface area (Å²) in [6, 6.07) is 5.15. The van der Waals surface area contributed by atoms with E-state index in [2.05, 4.69) is 0 Å². The molecular formula is C13H17NO2. The van der Waals surface area contributed by atoms with Gasteiger partial charge in [0.1, 0.15) is 5.75 Å². The van der Waals surface area contributed by atoms with Gasteiger partial charge in [-0.05, 0) is 38.3 Å². The van der Waals surface area contributed by atoms with E-state index in [0.29, 0.717) is 5.56 Å². The lowest BCUT2D eigenvalue weighted by Crippen LogP contribution is -2.35. The number of aromatic hydroxyl groups is 1. The monoisotopic (exact) mass is 219 g/mol. The van der Waals surface area contributed by atoms with Crippen LogP contribution in [0.1, 0.15) is 35.2 Å². The van der Waals surface area contributed by atoms with Gasteiger partial charge in [-0.15, -0.1) is 0 Å². The van der Waals surface area contributed by atoms with Crippen molar-refractivity contribution in [2.45, 2.75) is 26.2 Å². The normalized spacial score (nSPS) is 16.2. The van der Waals surface area contributed by atoms with Crippen LogP contribution in [0.5, 0.6) is 5.75 Å². The van der Waals surface area contributed by atoms with Crippen molar-refractivity contribution in [3.63, 3.8) is 0 Å². The number of hydrogen-bond donors (Lipinski definition) is 1. The van der Waals surface area contributed by atoms with E-state index in [-0.39, 0.29) is 11.7 Å². The van der Waals surface area contributed by atoms with Crippen molar-refractivity contribution in [2.75, 3.05) is 13.1 Å². The Balaban J connectivity index is 2.22. The molecule has 1 fully saturated rings. The fraction of sp³-hybridized carbons (Fsp3) is 0.462. The van der Waals surface area contributed by atoms with Crippen LogP contribution in [-0.4, -0.2) is 29.0 Å². The Kier molecular flexibility index (Phi) is 3.13. The zero-order valence-electron chi connectivity index (χ0n) is 9.57. The minimum absolute atomic E-state index is 0.0408. The van der Waals surface area contributed by atoms with Crippen LogP contribution in [0.4, 0.5) is 0 Å². The van der Waals surface area contributed by atoms with Gasteiger partial charge in [-0.2, -0.15) is 0 Å². The average molecular weight is 219 g/mol. The Hall–Kier alpha value is -1.51. The summed E-state index contributed by atoms with van der Waals surface area (Å²) in [6.45, 7) is 3.55. The number of aryl methyl sites for hydroxylation is 1. The van der Waals surface area contributed by atoms with Gasteiger partial charge in [-0.3, -0.25) is 4.79 Å². The molecular weight excluding hydrogens is 202 g/mol. The van der Waals surface area contributed by atoms with Gasteiger partial charge in [0.05, 0.1) is 5.56 Å². The second kappa shape index (κ2) is 4.56. The van der Waals surface area contributed by atoms with Crippen LogP contribution in [0, 0.1) is 6.92 Å². The summed E-state index contributed by atoms with van der Waals surface area (Å²) in [5.74, 6) is 0.0436. The summed E-state index contributed by atoms with van der Waals surface area (Å²) < 4.78 is 0. The Morgan fingerprint density at radius 1 is 1.25 bits per heavy atom. The number of phenols is 1. The lowest BCUT2D eigenvalue weighted by Gasteiger charge is -2.27. The Morgan fingerprint density at radius 3 is 2.62 bits per heavy atom. The molecule has 1 aromatic carbocycles. The van der Waals surface area contributed by atoms with Gasteiger partial charge in [-0.25, -0.2) is 0 Å². The average Bonchev–Trinajstić information content (AvgIpc) is 2.32. The largest absolute Gasteiger partial charge is 0.507 e. The van der Waals surface area contributed by atoms with E-state index < -0.39 is 0 Å². The van der Waals surface area contributed by atoms with Crippen molar-refractivity contribution in [3.05, 3.63) is 29.3 Å². The molecule has 1 heterocycles. The first kappa shape index (κ1) is 11.0. The highest BCUT2D eigenvalue weighted by molar-refractivity contribution is 5.97. The van der Waals surface area contributed by atoms with Crippen LogP contribution in [-0.2, 0) is 0 Å². The molecule has 0 saturated carbocycles. The maximum absolute atomic E-state index is 12.1. The second-order valence-electron chi connectivity index (χ2n) is 4.37. The van der Waals surface area contributed by atoms with E-state index >= 15 is 0 Å². The summed E-state index contributed by atoms with van der Waals surface area (Å²) in [5, 5.41) is 9.69. The first-order valence-electron chi connectivity index (χ1n) is 5.77. The molecule has 2 rings (SSSR count). The molecule has 1 aromatic rings. The molecule has 0 spiro atoms. The predicted molar refractivity (Wildman–Crippen MR) is 62.6 cm³/mol. The molecule has 3 heteroatoms. The third kappa shape index (κ3) is 2.18. The van der Waals surface area contributed by atoms with E-state index in [1.807, 2.05) is 17.9 Å². The van der Waals surface area contributed by atoms with Crippen molar-refractivity contribution >= 4 is 5.91 Å². The summed E-state index contributed by atoms with van der Waals surface area (Å²) in [7, 11) is 0. The first-order chi connectivity index (χ1) is 7.68. The summed E-state index contributed by atoms with van der Waals surface area (Å²) in [5.41, 5.74) is 1.43. The second-order valence-corrected chi connectivity index (χ2v) is 4.37. The minimum Gasteiger partial charge on any atom is -0.507 e. The number of benzene rings is 1. The number of likely N-dealkylation sites (tertiary alicyclic amines) is 1. The number of carbonyl (C=O) groups is 1. The molecule has 1 aliphatic heterocycles. The highest BCUT2D eigenvalue weighted by Crippen LogP contribution is 2.21. The van der Waals surface area contributed by atoms with Crippen LogP contribution in [0.2, 0.25) is 0 Å². The minimum atomic E-state index is -0.0408. The quantitative estimate of drug-likeness (QED) is 0.787. The number of phenolic OH excluding ortho intramolecular Hbond substituents is 1. The van der Waals surface area contributed by atoms with Crippen LogP contribution in [0.25, 0.3) is 0 Å². The van der Waals surface area contributed by atoms with Crippen LogP contribution >= 0.6 is 0 Å². The van der Waals surface area contributed by atoms with Gasteiger partial charge >= 0.3 is 0 Å². The van der Waals surface area contributed by atoms with Crippen molar-refractivity contribution < 1.29 is 9.90 Å². The molecule has 1 aliphatic rings. The maximum atomic E-state index is 12.1. The zero-order chi connectivity index (χ0) is 11.5. The van der Waals surface area contributed by atoms with Gasteiger partial charge < -0.3 is 10.0 Å². The number of amides is 1. The van der Waals surface area contributed by atoms with Crippen LogP contribution < -0.4 is 0 Å². The lowest BCUT2D eigenvalue weighted by molar-refractivity contribution is 0.0721. The van der Waals surface area contributed by atoms with Gasteiger partial charge in [0, 0.05) is 13.1 Å². The Bertz CT molecular complexity index is 395. The topological polar surface area (TPSA) is 40.5 Å². The van der Waals surface area contributed by atoms with E-state index in [0.717, 1.165) is 31.5 Å². The number of carbonyl (C=O) groups excluding carboxylic acids is 1. The van der Waals surface area contributed by atoms with Crippen LogP contribution in [0.3, 0.4) is 0 Å². The van der Waals surface area contributed by atoms with Gasteiger partial charge in [0.25, 0.3) is 5.91 Å². The van der Waals surface area contributed by atoms with E-state index in [4.69, 9.17) is 0 Å². The molecule has 3 nitrogen and oxygen atoms in total. The highest BCUT2D eigenvalue weighted by Gasteiger charge is 2.20. The third-order valence-electron chi connectivity index (χ3n) is 3.03. The summed E-state index contributed by atoms with van der Waals surface area (Å²) in [4.78, 5) is 14.0. The third-order valence-corrected chi connectivity index (χ3v) is 3.03. The van der Waals surface area contributed by atoms with E-state index in [9.17, 15) is 9.90 Å². The van der Waals surface area contributed by atoms with Crippen molar-refractivity contribution in [1.29, 1.82) is 0 Å². The van der Waals surface area contributed by atoms with Gasteiger partial charge in [0.15, 0.2) is 0 Å². The molecule has 0 bridgehead atoms.